The molecule has 5 heteroatoms. The Bertz CT molecular complexity index is 468. The third-order valence-corrected chi connectivity index (χ3v) is 2.49. The minimum absolute atomic E-state index is 0.826. The van der Waals surface area contributed by atoms with Gasteiger partial charge in [0.1, 0.15) is 0 Å². The molecule has 1 N–H and O–H groups in total. The summed E-state index contributed by atoms with van der Waals surface area (Å²) in [6.07, 6.45) is 3.89. The second kappa shape index (κ2) is 4.49. The zero-order chi connectivity index (χ0) is 11.5. The summed E-state index contributed by atoms with van der Waals surface area (Å²) in [5.41, 5.74) is 3.45. The van der Waals surface area contributed by atoms with Crippen molar-refractivity contribution in [2.24, 2.45) is 14.1 Å². The Hall–Kier alpha value is -1.62. The molecule has 0 spiro atoms. The molecule has 0 unspecified atom stereocenters. The van der Waals surface area contributed by atoms with E-state index in [0.29, 0.717) is 0 Å². The van der Waals surface area contributed by atoms with Crippen LogP contribution < -0.4 is 5.32 Å². The minimum Gasteiger partial charge on any atom is -0.307 e. The lowest BCUT2D eigenvalue weighted by atomic mass is 10.3. The maximum atomic E-state index is 4.30. The second-order valence-electron chi connectivity index (χ2n) is 4.03. The van der Waals surface area contributed by atoms with Crippen molar-refractivity contribution in [2.45, 2.75) is 20.0 Å². The lowest BCUT2D eigenvalue weighted by molar-refractivity contribution is 0.624. The number of aromatic nitrogens is 4. The van der Waals surface area contributed by atoms with E-state index in [-0.39, 0.29) is 0 Å². The third kappa shape index (κ3) is 2.49. The van der Waals surface area contributed by atoms with Crippen molar-refractivity contribution in [1.82, 2.24) is 24.9 Å². The van der Waals surface area contributed by atoms with Crippen LogP contribution in [0.1, 0.15) is 17.0 Å². The fraction of sp³-hybridized carbons (Fsp3) is 0.455. The van der Waals surface area contributed by atoms with Gasteiger partial charge in [-0.1, -0.05) is 0 Å². The van der Waals surface area contributed by atoms with E-state index in [0.717, 1.165) is 18.8 Å². The van der Waals surface area contributed by atoms with Gasteiger partial charge in [0.05, 0.1) is 17.6 Å². The standard InChI is InChI=1S/C11H17N5/c1-9-4-11(16(3)14-9)7-12-5-10-6-13-15(2)8-10/h4,6,8,12H,5,7H2,1-3H3. The van der Waals surface area contributed by atoms with E-state index in [2.05, 4.69) is 21.6 Å². The zero-order valence-corrected chi connectivity index (χ0v) is 9.94. The Labute approximate surface area is 95.1 Å². The van der Waals surface area contributed by atoms with Crippen LogP contribution in [0, 0.1) is 6.92 Å². The van der Waals surface area contributed by atoms with E-state index >= 15 is 0 Å². The van der Waals surface area contributed by atoms with Crippen LogP contribution in [0.15, 0.2) is 18.5 Å². The third-order valence-electron chi connectivity index (χ3n) is 2.49. The predicted molar refractivity (Wildman–Crippen MR) is 61.7 cm³/mol. The van der Waals surface area contributed by atoms with E-state index in [4.69, 9.17) is 0 Å². The summed E-state index contributed by atoms with van der Waals surface area (Å²) >= 11 is 0. The molecule has 0 bridgehead atoms. The van der Waals surface area contributed by atoms with Gasteiger partial charge in [0.15, 0.2) is 0 Å². The highest BCUT2D eigenvalue weighted by molar-refractivity contribution is 5.09. The van der Waals surface area contributed by atoms with Crippen LogP contribution in [0.4, 0.5) is 0 Å². The molecule has 0 amide bonds. The van der Waals surface area contributed by atoms with Crippen molar-refractivity contribution in [1.29, 1.82) is 0 Å². The molecular formula is C11H17N5. The van der Waals surface area contributed by atoms with E-state index in [1.165, 1.54) is 11.3 Å². The van der Waals surface area contributed by atoms with Gasteiger partial charge < -0.3 is 5.32 Å². The first-order valence-corrected chi connectivity index (χ1v) is 5.33. The number of aryl methyl sites for hydroxylation is 3. The molecule has 2 rings (SSSR count). The van der Waals surface area contributed by atoms with Crippen LogP contribution in [0.3, 0.4) is 0 Å². The van der Waals surface area contributed by atoms with Gasteiger partial charge in [-0.05, 0) is 13.0 Å². The molecular weight excluding hydrogens is 202 g/mol. The summed E-state index contributed by atoms with van der Waals surface area (Å²) in [6, 6.07) is 2.09. The predicted octanol–water partition coefficient (Wildman–Crippen LogP) is 0.752. The molecule has 0 aliphatic carbocycles. The highest BCUT2D eigenvalue weighted by atomic mass is 15.3. The van der Waals surface area contributed by atoms with Crippen molar-refractivity contribution >= 4 is 0 Å². The highest BCUT2D eigenvalue weighted by Gasteiger charge is 2.01. The first-order valence-electron chi connectivity index (χ1n) is 5.33. The highest BCUT2D eigenvalue weighted by Crippen LogP contribution is 2.02. The van der Waals surface area contributed by atoms with Gasteiger partial charge in [-0.2, -0.15) is 10.2 Å². The number of hydrogen-bond acceptors (Lipinski definition) is 3. The van der Waals surface area contributed by atoms with E-state index in [1.807, 2.05) is 42.8 Å². The Morgan fingerprint density at radius 3 is 2.69 bits per heavy atom. The zero-order valence-electron chi connectivity index (χ0n) is 9.94. The molecule has 2 heterocycles. The molecule has 0 aromatic carbocycles. The summed E-state index contributed by atoms with van der Waals surface area (Å²) in [6.45, 7) is 3.66. The van der Waals surface area contributed by atoms with Gasteiger partial charge in [-0.3, -0.25) is 9.36 Å². The molecule has 0 aliphatic heterocycles. The first kappa shape index (κ1) is 10.9. The number of hydrogen-bond donors (Lipinski definition) is 1. The molecule has 86 valence electrons. The molecule has 0 radical (unpaired) electrons. The molecule has 16 heavy (non-hydrogen) atoms. The smallest absolute Gasteiger partial charge is 0.0597 e. The topological polar surface area (TPSA) is 47.7 Å². The molecule has 0 atom stereocenters. The van der Waals surface area contributed by atoms with Crippen molar-refractivity contribution in [2.75, 3.05) is 0 Å². The quantitative estimate of drug-likeness (QED) is 0.825. The van der Waals surface area contributed by atoms with Crippen molar-refractivity contribution in [3.05, 3.63) is 35.4 Å². The Kier molecular flexibility index (Phi) is 3.05. The average molecular weight is 219 g/mol. The Balaban J connectivity index is 1.86. The van der Waals surface area contributed by atoms with Gasteiger partial charge in [0.2, 0.25) is 0 Å². The number of rotatable bonds is 4. The van der Waals surface area contributed by atoms with Crippen LogP contribution in [0.25, 0.3) is 0 Å². The fourth-order valence-electron chi connectivity index (χ4n) is 1.73. The molecule has 2 aromatic rings. The van der Waals surface area contributed by atoms with Crippen molar-refractivity contribution in [3.8, 4) is 0 Å². The van der Waals surface area contributed by atoms with Crippen molar-refractivity contribution in [3.63, 3.8) is 0 Å². The maximum Gasteiger partial charge on any atom is 0.0597 e. The summed E-state index contributed by atoms with van der Waals surface area (Å²) in [5, 5.41) is 11.8. The number of nitrogens with one attached hydrogen (secondary N) is 1. The summed E-state index contributed by atoms with van der Waals surface area (Å²) in [7, 11) is 3.89. The van der Waals surface area contributed by atoms with Crippen LogP contribution in [0.2, 0.25) is 0 Å². The van der Waals surface area contributed by atoms with Gasteiger partial charge >= 0.3 is 0 Å². The second-order valence-corrected chi connectivity index (χ2v) is 4.03. The van der Waals surface area contributed by atoms with Crippen LogP contribution in [-0.2, 0) is 27.2 Å². The maximum absolute atomic E-state index is 4.30. The van der Waals surface area contributed by atoms with Crippen LogP contribution >= 0.6 is 0 Å². The lowest BCUT2D eigenvalue weighted by Crippen LogP contribution is -2.14. The summed E-state index contributed by atoms with van der Waals surface area (Å²) in [5.74, 6) is 0. The van der Waals surface area contributed by atoms with Gasteiger partial charge in [0, 0.05) is 38.9 Å². The normalized spacial score (nSPS) is 10.9. The van der Waals surface area contributed by atoms with Crippen LogP contribution in [0.5, 0.6) is 0 Å². The van der Waals surface area contributed by atoms with Crippen molar-refractivity contribution < 1.29 is 0 Å². The monoisotopic (exact) mass is 219 g/mol. The minimum atomic E-state index is 0.826. The van der Waals surface area contributed by atoms with Crippen LogP contribution in [-0.4, -0.2) is 19.6 Å². The largest absolute Gasteiger partial charge is 0.307 e. The first-order chi connectivity index (χ1) is 7.65. The van der Waals surface area contributed by atoms with Gasteiger partial charge in [0.25, 0.3) is 0 Å². The summed E-state index contributed by atoms with van der Waals surface area (Å²) in [4.78, 5) is 0. The molecule has 5 nitrogen and oxygen atoms in total. The summed E-state index contributed by atoms with van der Waals surface area (Å²) < 4.78 is 3.72. The van der Waals surface area contributed by atoms with E-state index < -0.39 is 0 Å². The molecule has 0 saturated carbocycles. The molecule has 0 fully saturated rings. The van der Waals surface area contributed by atoms with E-state index in [9.17, 15) is 0 Å². The fourth-order valence-corrected chi connectivity index (χ4v) is 1.73. The number of nitrogens with zero attached hydrogens (tertiary/aromatic N) is 4. The molecule has 0 aliphatic rings. The molecule has 0 saturated heterocycles. The van der Waals surface area contributed by atoms with E-state index in [1.54, 1.807) is 0 Å². The SMILES string of the molecule is Cc1cc(CNCc2cnn(C)c2)n(C)n1. The van der Waals surface area contributed by atoms with Gasteiger partial charge in [-0.15, -0.1) is 0 Å². The van der Waals surface area contributed by atoms with Gasteiger partial charge in [-0.25, -0.2) is 0 Å². The Morgan fingerprint density at radius 1 is 1.31 bits per heavy atom. The molecule has 2 aromatic heterocycles. The lowest BCUT2D eigenvalue weighted by Gasteiger charge is -2.03. The average Bonchev–Trinajstić information content (AvgIpc) is 2.74. The Morgan fingerprint density at radius 2 is 2.12 bits per heavy atom.